The second kappa shape index (κ2) is 6.92. The van der Waals surface area contributed by atoms with Crippen LogP contribution in [0.25, 0.3) is 11.0 Å². The van der Waals surface area contributed by atoms with E-state index >= 15 is 0 Å². The first-order valence-electron chi connectivity index (χ1n) is 7.04. The topological polar surface area (TPSA) is 64.2 Å². The molecule has 0 aliphatic carbocycles. The predicted octanol–water partition coefficient (Wildman–Crippen LogP) is 3.01. The highest BCUT2D eigenvalue weighted by Crippen LogP contribution is 2.19. The van der Waals surface area contributed by atoms with Crippen molar-refractivity contribution >= 4 is 17.0 Å². The number of esters is 1. The molecular formula is C16H20N2O3. The maximum atomic E-state index is 11.2. The molecule has 2 aromatic rings. The molecule has 1 heterocycles. The van der Waals surface area contributed by atoms with Gasteiger partial charge in [0.05, 0.1) is 24.2 Å². The van der Waals surface area contributed by atoms with Crippen molar-refractivity contribution in [2.24, 2.45) is 0 Å². The SMILES string of the molecule is C=C(C)C(=O)OCCCc1nc2ccc(OCC)cc2[nH]1. The summed E-state index contributed by atoms with van der Waals surface area (Å²) < 4.78 is 10.5. The zero-order valence-corrected chi connectivity index (χ0v) is 12.4. The van der Waals surface area contributed by atoms with E-state index in [4.69, 9.17) is 9.47 Å². The standard InChI is InChI=1S/C16H20N2O3/c1-4-20-12-7-8-13-14(10-12)18-15(17-13)6-5-9-21-16(19)11(2)3/h7-8,10H,2,4-6,9H2,1,3H3,(H,17,18). The lowest BCUT2D eigenvalue weighted by Crippen LogP contribution is -2.07. The highest BCUT2D eigenvalue weighted by molar-refractivity contribution is 5.86. The Hall–Kier alpha value is -2.30. The highest BCUT2D eigenvalue weighted by atomic mass is 16.5. The van der Waals surface area contributed by atoms with Gasteiger partial charge in [0.1, 0.15) is 11.6 Å². The van der Waals surface area contributed by atoms with E-state index in [9.17, 15) is 4.79 Å². The summed E-state index contributed by atoms with van der Waals surface area (Å²) in [6.07, 6.45) is 1.44. The zero-order chi connectivity index (χ0) is 15.2. The molecule has 21 heavy (non-hydrogen) atoms. The van der Waals surface area contributed by atoms with Gasteiger partial charge in [-0.05, 0) is 32.4 Å². The zero-order valence-electron chi connectivity index (χ0n) is 12.4. The third-order valence-corrected chi connectivity index (χ3v) is 2.95. The van der Waals surface area contributed by atoms with E-state index in [1.165, 1.54) is 0 Å². The molecule has 0 atom stereocenters. The Morgan fingerprint density at radius 3 is 2.95 bits per heavy atom. The quantitative estimate of drug-likeness (QED) is 0.483. The van der Waals surface area contributed by atoms with Crippen LogP contribution in [0.2, 0.25) is 0 Å². The number of H-pyrrole nitrogens is 1. The molecule has 5 nitrogen and oxygen atoms in total. The van der Waals surface area contributed by atoms with Crippen LogP contribution in [0.15, 0.2) is 30.4 Å². The van der Waals surface area contributed by atoms with Gasteiger partial charge in [0.25, 0.3) is 0 Å². The van der Waals surface area contributed by atoms with E-state index < -0.39 is 0 Å². The van der Waals surface area contributed by atoms with Gasteiger partial charge in [0, 0.05) is 18.1 Å². The third-order valence-electron chi connectivity index (χ3n) is 2.95. The fourth-order valence-corrected chi connectivity index (χ4v) is 1.94. The minimum Gasteiger partial charge on any atom is -0.494 e. The summed E-state index contributed by atoms with van der Waals surface area (Å²) in [5.41, 5.74) is 2.28. The van der Waals surface area contributed by atoms with Gasteiger partial charge in [-0.1, -0.05) is 6.58 Å². The Bertz CT molecular complexity index is 646. The number of imidazole rings is 1. The van der Waals surface area contributed by atoms with Crippen LogP contribution in [0.4, 0.5) is 0 Å². The van der Waals surface area contributed by atoms with Crippen LogP contribution in [0.3, 0.4) is 0 Å². The number of hydrogen-bond acceptors (Lipinski definition) is 4. The summed E-state index contributed by atoms with van der Waals surface area (Å²) in [5, 5.41) is 0. The molecule has 1 aromatic carbocycles. The van der Waals surface area contributed by atoms with Crippen molar-refractivity contribution in [3.8, 4) is 5.75 Å². The molecule has 0 amide bonds. The van der Waals surface area contributed by atoms with Crippen molar-refractivity contribution in [1.82, 2.24) is 9.97 Å². The molecule has 112 valence electrons. The van der Waals surface area contributed by atoms with E-state index in [1.54, 1.807) is 6.92 Å². The van der Waals surface area contributed by atoms with Crippen molar-refractivity contribution < 1.29 is 14.3 Å². The first-order chi connectivity index (χ1) is 10.1. The molecule has 0 aliphatic heterocycles. The number of ether oxygens (including phenoxy) is 2. The monoisotopic (exact) mass is 288 g/mol. The summed E-state index contributed by atoms with van der Waals surface area (Å²) >= 11 is 0. The fourth-order valence-electron chi connectivity index (χ4n) is 1.94. The van der Waals surface area contributed by atoms with E-state index in [2.05, 4.69) is 16.5 Å². The Balaban J connectivity index is 1.90. The molecule has 0 radical (unpaired) electrons. The number of aromatic nitrogens is 2. The number of carbonyl (C=O) groups is 1. The van der Waals surface area contributed by atoms with Crippen LogP contribution >= 0.6 is 0 Å². The van der Waals surface area contributed by atoms with E-state index in [0.717, 1.165) is 35.4 Å². The number of hydrogen-bond donors (Lipinski definition) is 1. The van der Waals surface area contributed by atoms with E-state index in [-0.39, 0.29) is 5.97 Å². The minimum atomic E-state index is -0.346. The van der Waals surface area contributed by atoms with Gasteiger partial charge in [-0.25, -0.2) is 9.78 Å². The minimum absolute atomic E-state index is 0.346. The average molecular weight is 288 g/mol. The van der Waals surface area contributed by atoms with Gasteiger partial charge in [0.15, 0.2) is 0 Å². The summed E-state index contributed by atoms with van der Waals surface area (Å²) in [6, 6.07) is 5.78. The van der Waals surface area contributed by atoms with Crippen molar-refractivity contribution in [1.29, 1.82) is 0 Å². The van der Waals surface area contributed by atoms with Crippen molar-refractivity contribution in [3.05, 3.63) is 36.2 Å². The second-order valence-corrected chi connectivity index (χ2v) is 4.82. The molecule has 0 bridgehead atoms. The first kappa shape index (κ1) is 15.1. The lowest BCUT2D eigenvalue weighted by molar-refractivity contribution is -0.139. The summed E-state index contributed by atoms with van der Waals surface area (Å²) in [5.74, 6) is 1.36. The van der Waals surface area contributed by atoms with Crippen LogP contribution in [0, 0.1) is 0 Å². The third kappa shape index (κ3) is 4.08. The number of aryl methyl sites for hydroxylation is 1. The second-order valence-electron chi connectivity index (χ2n) is 4.82. The maximum absolute atomic E-state index is 11.2. The van der Waals surface area contributed by atoms with Gasteiger partial charge in [-0.3, -0.25) is 0 Å². The number of benzene rings is 1. The molecule has 0 saturated carbocycles. The number of nitrogens with zero attached hydrogens (tertiary/aromatic N) is 1. The Labute approximate surface area is 124 Å². The fraction of sp³-hybridized carbons (Fsp3) is 0.375. The van der Waals surface area contributed by atoms with E-state index in [1.807, 2.05) is 25.1 Å². The number of aromatic amines is 1. The van der Waals surface area contributed by atoms with Gasteiger partial charge >= 0.3 is 5.97 Å². The molecule has 2 rings (SSSR count). The summed E-state index contributed by atoms with van der Waals surface area (Å²) in [4.78, 5) is 19.0. The van der Waals surface area contributed by atoms with Crippen LogP contribution in [-0.2, 0) is 16.0 Å². The van der Waals surface area contributed by atoms with Crippen LogP contribution in [0.5, 0.6) is 5.75 Å². The summed E-state index contributed by atoms with van der Waals surface area (Å²) in [7, 11) is 0. The lowest BCUT2D eigenvalue weighted by atomic mass is 10.3. The Kier molecular flexibility index (Phi) is 4.98. The average Bonchev–Trinajstić information content (AvgIpc) is 2.85. The van der Waals surface area contributed by atoms with Gasteiger partial charge < -0.3 is 14.5 Å². The summed E-state index contributed by atoms with van der Waals surface area (Å²) in [6.45, 7) is 8.14. The molecule has 0 unspecified atom stereocenters. The van der Waals surface area contributed by atoms with Gasteiger partial charge in [0.2, 0.25) is 0 Å². The number of fused-ring (bicyclic) bond motifs is 1. The molecule has 0 spiro atoms. The van der Waals surface area contributed by atoms with E-state index in [0.29, 0.717) is 18.8 Å². The molecule has 0 fully saturated rings. The molecule has 1 aromatic heterocycles. The van der Waals surface area contributed by atoms with Crippen LogP contribution < -0.4 is 4.74 Å². The largest absolute Gasteiger partial charge is 0.494 e. The van der Waals surface area contributed by atoms with Crippen molar-refractivity contribution in [3.63, 3.8) is 0 Å². The predicted molar refractivity (Wildman–Crippen MR) is 81.4 cm³/mol. The molecule has 0 saturated heterocycles. The smallest absolute Gasteiger partial charge is 0.333 e. The Morgan fingerprint density at radius 2 is 2.24 bits per heavy atom. The molecule has 5 heteroatoms. The van der Waals surface area contributed by atoms with Crippen LogP contribution in [-0.4, -0.2) is 29.2 Å². The van der Waals surface area contributed by atoms with Gasteiger partial charge in [-0.2, -0.15) is 0 Å². The van der Waals surface area contributed by atoms with Gasteiger partial charge in [-0.15, -0.1) is 0 Å². The Morgan fingerprint density at radius 1 is 1.43 bits per heavy atom. The lowest BCUT2D eigenvalue weighted by Gasteiger charge is -2.02. The van der Waals surface area contributed by atoms with Crippen molar-refractivity contribution in [2.45, 2.75) is 26.7 Å². The molecular weight excluding hydrogens is 268 g/mol. The number of rotatable bonds is 7. The molecule has 0 aliphatic rings. The van der Waals surface area contributed by atoms with Crippen molar-refractivity contribution in [2.75, 3.05) is 13.2 Å². The maximum Gasteiger partial charge on any atom is 0.333 e. The number of carbonyl (C=O) groups excluding carboxylic acids is 1. The first-order valence-corrected chi connectivity index (χ1v) is 7.04. The normalized spacial score (nSPS) is 10.6. The highest BCUT2D eigenvalue weighted by Gasteiger charge is 2.06. The molecule has 1 N–H and O–H groups in total. The van der Waals surface area contributed by atoms with Crippen LogP contribution in [0.1, 0.15) is 26.1 Å². The number of nitrogens with one attached hydrogen (secondary N) is 1.